The van der Waals surface area contributed by atoms with Crippen LogP contribution in [0.2, 0.25) is 0 Å². The fourth-order valence-electron chi connectivity index (χ4n) is 13.5. The van der Waals surface area contributed by atoms with Gasteiger partial charge >= 0.3 is 0 Å². The first-order chi connectivity index (χ1) is 31.5. The molecular formula is C62H47NS. The van der Waals surface area contributed by atoms with Gasteiger partial charge in [0.05, 0.1) is 5.69 Å². The smallest absolute Gasteiger partial charge is 0.0540 e. The van der Waals surface area contributed by atoms with Gasteiger partial charge in [-0.15, -0.1) is 11.3 Å². The van der Waals surface area contributed by atoms with Gasteiger partial charge in [-0.25, -0.2) is 0 Å². The first-order valence-corrected chi connectivity index (χ1v) is 24.1. The van der Waals surface area contributed by atoms with Gasteiger partial charge in [-0.2, -0.15) is 0 Å². The minimum Gasteiger partial charge on any atom is -0.310 e. The molecular weight excluding hydrogens is 791 g/mol. The Bertz CT molecular complexity index is 3570. The van der Waals surface area contributed by atoms with Crippen LogP contribution in [0.5, 0.6) is 0 Å². The van der Waals surface area contributed by atoms with Crippen molar-refractivity contribution < 1.29 is 0 Å². The molecule has 0 saturated heterocycles. The average molecular weight is 838 g/mol. The molecule has 1 aromatic heterocycles. The minimum atomic E-state index is -0.144. The average Bonchev–Trinajstić information content (AvgIpc) is 4.16. The van der Waals surface area contributed by atoms with Crippen LogP contribution >= 0.6 is 11.3 Å². The molecule has 2 bridgehead atoms. The van der Waals surface area contributed by atoms with E-state index < -0.39 is 0 Å². The molecule has 4 aliphatic carbocycles. The lowest BCUT2D eigenvalue weighted by atomic mass is 9.67. The third-order valence-corrected chi connectivity index (χ3v) is 17.3. The van der Waals surface area contributed by atoms with Crippen molar-refractivity contribution in [3.8, 4) is 44.5 Å². The van der Waals surface area contributed by atoms with Crippen molar-refractivity contribution in [1.82, 2.24) is 0 Å². The molecule has 0 aliphatic heterocycles. The lowest BCUT2D eigenvalue weighted by Gasteiger charge is -2.37. The summed E-state index contributed by atoms with van der Waals surface area (Å²) in [5.74, 6) is 1.51. The van der Waals surface area contributed by atoms with Crippen LogP contribution in [0.3, 0.4) is 0 Å². The van der Waals surface area contributed by atoms with Crippen LogP contribution in [0.4, 0.5) is 17.1 Å². The highest BCUT2D eigenvalue weighted by Crippen LogP contribution is 2.66. The quantitative estimate of drug-likeness (QED) is 0.167. The van der Waals surface area contributed by atoms with Gasteiger partial charge in [-0.05, 0) is 139 Å². The normalized spacial score (nSPS) is 19.7. The highest BCUT2D eigenvalue weighted by atomic mass is 32.1. The Morgan fingerprint density at radius 3 is 1.97 bits per heavy atom. The largest absolute Gasteiger partial charge is 0.310 e. The standard InChI is InChI=1S/C62H47NS/c1-61(2)53-21-8-5-16-47(53)50-19-11-20-51(59(50)61)49-17-7-10-23-56(49)63(43-32-34-48-46-15-6-9-22-54(46)62(55(48)36-43)37-38-25-29-41(62)35-38)42-30-26-40(27-31-42)44-18-12-24-57-58(44)52-33-28-39-13-3-4-14-45(39)60(52)64-57/h3-24,26-28,30-34,36,38,41H,25,29,35,37H2,1-2H3. The number of para-hydroxylation sites is 1. The van der Waals surface area contributed by atoms with E-state index in [0.29, 0.717) is 5.92 Å². The van der Waals surface area contributed by atoms with E-state index in [1.807, 2.05) is 11.3 Å². The van der Waals surface area contributed by atoms with Crippen LogP contribution in [0, 0.1) is 11.8 Å². The van der Waals surface area contributed by atoms with Gasteiger partial charge in [0.15, 0.2) is 0 Å². The zero-order valence-corrected chi connectivity index (χ0v) is 37.1. The van der Waals surface area contributed by atoms with Crippen molar-refractivity contribution >= 4 is 59.3 Å². The maximum absolute atomic E-state index is 2.61. The third-order valence-electron chi connectivity index (χ3n) is 16.1. The van der Waals surface area contributed by atoms with Gasteiger partial charge in [0.25, 0.3) is 0 Å². The SMILES string of the molecule is CC1(C)c2ccccc2-c2cccc(-c3ccccc3N(c3ccc(-c4cccc5sc6c7ccccc7ccc6c45)cc3)c3ccc4c(c3)C3(CC5CCC3C5)c3ccccc3-4)c21. The summed E-state index contributed by atoms with van der Waals surface area (Å²) in [5.41, 5.74) is 20.1. The molecule has 1 nitrogen and oxygen atoms in total. The van der Waals surface area contributed by atoms with E-state index in [1.54, 1.807) is 11.1 Å². The molecule has 1 heterocycles. The Morgan fingerprint density at radius 2 is 1.16 bits per heavy atom. The van der Waals surface area contributed by atoms with Crippen LogP contribution in [-0.2, 0) is 10.8 Å². The van der Waals surface area contributed by atoms with Gasteiger partial charge in [0.1, 0.15) is 0 Å². The second-order valence-electron chi connectivity index (χ2n) is 19.6. The molecule has 1 spiro atoms. The van der Waals surface area contributed by atoms with E-state index in [4.69, 9.17) is 0 Å². The number of benzene rings is 9. The lowest BCUT2D eigenvalue weighted by molar-refractivity contribution is 0.327. The first-order valence-electron chi connectivity index (χ1n) is 23.3. The van der Waals surface area contributed by atoms with E-state index in [2.05, 4.69) is 207 Å². The van der Waals surface area contributed by atoms with E-state index in [0.717, 1.165) is 11.6 Å². The van der Waals surface area contributed by atoms with Crippen molar-refractivity contribution in [2.75, 3.05) is 4.90 Å². The molecule has 9 aromatic carbocycles. The van der Waals surface area contributed by atoms with E-state index in [1.165, 1.54) is 124 Å². The summed E-state index contributed by atoms with van der Waals surface area (Å²) in [5, 5.41) is 5.31. The molecule has 306 valence electrons. The Hall–Kier alpha value is -6.74. The highest BCUT2D eigenvalue weighted by Gasteiger charge is 2.56. The molecule has 3 atom stereocenters. The van der Waals surface area contributed by atoms with E-state index in [9.17, 15) is 0 Å². The van der Waals surface area contributed by atoms with Crippen LogP contribution in [0.15, 0.2) is 188 Å². The number of anilines is 3. The molecule has 4 aliphatic rings. The Balaban J connectivity index is 0.970. The molecule has 64 heavy (non-hydrogen) atoms. The van der Waals surface area contributed by atoms with Crippen molar-refractivity contribution in [2.45, 2.75) is 50.4 Å². The van der Waals surface area contributed by atoms with Crippen molar-refractivity contribution in [3.63, 3.8) is 0 Å². The number of nitrogens with zero attached hydrogens (tertiary/aromatic N) is 1. The van der Waals surface area contributed by atoms with Crippen molar-refractivity contribution in [2.24, 2.45) is 11.8 Å². The molecule has 14 rings (SSSR count). The van der Waals surface area contributed by atoms with Crippen LogP contribution < -0.4 is 4.90 Å². The summed E-state index contributed by atoms with van der Waals surface area (Å²) in [6, 6.07) is 71.8. The van der Waals surface area contributed by atoms with Gasteiger partial charge in [0.2, 0.25) is 0 Å². The summed E-state index contributed by atoms with van der Waals surface area (Å²) in [4.78, 5) is 2.57. The van der Waals surface area contributed by atoms with Crippen LogP contribution in [0.1, 0.15) is 61.8 Å². The van der Waals surface area contributed by atoms with Gasteiger partial charge in [0, 0.05) is 47.9 Å². The number of rotatable bonds is 5. The molecule has 10 aromatic rings. The molecule has 0 amide bonds. The van der Waals surface area contributed by atoms with Crippen molar-refractivity contribution in [1.29, 1.82) is 0 Å². The maximum Gasteiger partial charge on any atom is 0.0540 e. The number of thiophene rings is 1. The van der Waals surface area contributed by atoms with E-state index >= 15 is 0 Å². The molecule has 0 radical (unpaired) electrons. The Kier molecular flexibility index (Phi) is 7.68. The molecule has 2 heteroatoms. The zero-order chi connectivity index (χ0) is 42.3. The predicted octanol–water partition coefficient (Wildman–Crippen LogP) is 17.4. The Labute approximate surface area is 379 Å². The molecule has 2 fully saturated rings. The van der Waals surface area contributed by atoms with Crippen LogP contribution in [0.25, 0.3) is 75.5 Å². The monoisotopic (exact) mass is 837 g/mol. The summed E-state index contributed by atoms with van der Waals surface area (Å²) in [6.07, 6.45) is 5.32. The fraction of sp³-hybridized carbons (Fsp3) is 0.161. The lowest BCUT2D eigenvalue weighted by Crippen LogP contribution is -2.32. The summed E-state index contributed by atoms with van der Waals surface area (Å²) >= 11 is 1.92. The summed E-state index contributed by atoms with van der Waals surface area (Å²) < 4.78 is 2.70. The number of hydrogen-bond donors (Lipinski definition) is 0. The summed E-state index contributed by atoms with van der Waals surface area (Å²) in [6.45, 7) is 4.82. The van der Waals surface area contributed by atoms with Gasteiger partial charge in [-0.1, -0.05) is 172 Å². The molecule has 3 unspecified atom stereocenters. The maximum atomic E-state index is 2.61. The second-order valence-corrected chi connectivity index (χ2v) is 20.6. The zero-order valence-electron chi connectivity index (χ0n) is 36.2. The highest BCUT2D eigenvalue weighted by molar-refractivity contribution is 7.26. The minimum absolute atomic E-state index is 0.0866. The topological polar surface area (TPSA) is 3.24 Å². The molecule has 0 N–H and O–H groups in total. The summed E-state index contributed by atoms with van der Waals surface area (Å²) in [7, 11) is 0. The first kappa shape index (κ1) is 36.7. The Morgan fingerprint density at radius 1 is 0.500 bits per heavy atom. The third kappa shape index (κ3) is 4.95. The molecule has 2 saturated carbocycles. The van der Waals surface area contributed by atoms with Crippen LogP contribution in [-0.4, -0.2) is 0 Å². The van der Waals surface area contributed by atoms with Gasteiger partial charge in [-0.3, -0.25) is 0 Å². The number of hydrogen-bond acceptors (Lipinski definition) is 2. The predicted molar refractivity (Wildman–Crippen MR) is 272 cm³/mol. The van der Waals surface area contributed by atoms with Gasteiger partial charge < -0.3 is 4.90 Å². The van der Waals surface area contributed by atoms with Crippen molar-refractivity contribution in [3.05, 3.63) is 210 Å². The second kappa shape index (κ2) is 13.4. The van der Waals surface area contributed by atoms with E-state index in [-0.39, 0.29) is 10.8 Å². The number of fused-ring (bicyclic) bond motifs is 16. The fourth-order valence-corrected chi connectivity index (χ4v) is 14.8.